The van der Waals surface area contributed by atoms with E-state index < -0.39 is 10.0 Å². The molecule has 0 spiro atoms. The number of sulfonamides is 1. The zero-order valence-electron chi connectivity index (χ0n) is 9.86. The van der Waals surface area contributed by atoms with Crippen molar-refractivity contribution >= 4 is 21.6 Å². The van der Waals surface area contributed by atoms with Gasteiger partial charge in [-0.2, -0.15) is 0 Å². The highest BCUT2D eigenvalue weighted by Crippen LogP contribution is 2.26. The summed E-state index contributed by atoms with van der Waals surface area (Å²) in [6, 6.07) is 4.29. The number of rotatable bonds is 5. The Bertz CT molecular complexity index is 656. The average Bonchev–Trinajstić information content (AvgIpc) is 2.83. The van der Waals surface area contributed by atoms with Gasteiger partial charge in [-0.15, -0.1) is 0 Å². The van der Waals surface area contributed by atoms with Crippen molar-refractivity contribution in [3.05, 3.63) is 41.9 Å². The molecular weight excluding hydrogens is 290 g/mol. The highest BCUT2D eigenvalue weighted by molar-refractivity contribution is 7.89. The number of hydrogen-bond acceptors (Lipinski definition) is 4. The van der Waals surface area contributed by atoms with Gasteiger partial charge in [-0.3, -0.25) is 0 Å². The first-order valence-electron chi connectivity index (χ1n) is 5.38. The normalized spacial score (nSPS) is 11.5. The van der Waals surface area contributed by atoms with Crippen LogP contribution in [0, 0.1) is 0 Å². The van der Waals surface area contributed by atoms with Gasteiger partial charge in [-0.25, -0.2) is 18.5 Å². The Hall–Kier alpha value is -1.57. The third kappa shape index (κ3) is 3.69. The number of nitrogens with zero attached hydrogens (tertiary/aromatic N) is 2. The summed E-state index contributed by atoms with van der Waals surface area (Å²) in [6.07, 6.45) is 5.08. The molecule has 19 heavy (non-hydrogen) atoms. The Morgan fingerprint density at radius 2 is 2.21 bits per heavy atom. The van der Waals surface area contributed by atoms with E-state index in [4.69, 9.17) is 21.5 Å². The van der Waals surface area contributed by atoms with Crippen LogP contribution in [0.3, 0.4) is 0 Å². The Balaban J connectivity index is 2.12. The first-order valence-corrected chi connectivity index (χ1v) is 7.30. The lowest BCUT2D eigenvalue weighted by Crippen LogP contribution is -2.15. The number of hydrogen-bond donors (Lipinski definition) is 1. The predicted molar refractivity (Wildman–Crippen MR) is 70.5 cm³/mol. The van der Waals surface area contributed by atoms with Crippen molar-refractivity contribution in [3.8, 4) is 5.75 Å². The minimum atomic E-state index is -3.87. The maximum atomic E-state index is 11.4. The van der Waals surface area contributed by atoms with Crippen molar-refractivity contribution in [1.29, 1.82) is 0 Å². The maximum Gasteiger partial charge on any atom is 0.241 e. The molecule has 2 rings (SSSR count). The fourth-order valence-corrected chi connectivity index (χ4v) is 2.44. The number of benzene rings is 1. The standard InChI is InChI=1S/C11H12ClN3O3S/c12-9-1-2-10(11(7-9)19(13,16)17)18-6-5-15-4-3-14-8-15/h1-4,7-8H,5-6H2,(H2,13,16,17). The SMILES string of the molecule is NS(=O)(=O)c1cc(Cl)ccc1OCCn1ccnc1. The number of primary sulfonamides is 1. The second-order valence-electron chi connectivity index (χ2n) is 3.79. The molecule has 2 aromatic rings. The highest BCUT2D eigenvalue weighted by Gasteiger charge is 2.15. The van der Waals surface area contributed by atoms with Crippen LogP contribution in [0.2, 0.25) is 5.02 Å². The second kappa shape index (κ2) is 5.60. The molecule has 0 saturated carbocycles. The van der Waals surface area contributed by atoms with Gasteiger partial charge in [0.05, 0.1) is 12.9 Å². The van der Waals surface area contributed by atoms with Crippen molar-refractivity contribution in [3.63, 3.8) is 0 Å². The summed E-state index contributed by atoms with van der Waals surface area (Å²) < 4.78 is 30.1. The topological polar surface area (TPSA) is 87.2 Å². The van der Waals surface area contributed by atoms with Crippen LogP contribution >= 0.6 is 11.6 Å². The number of ether oxygens (including phenoxy) is 1. The van der Waals surface area contributed by atoms with E-state index in [0.717, 1.165) is 0 Å². The molecule has 0 fully saturated rings. The molecule has 0 saturated heterocycles. The van der Waals surface area contributed by atoms with E-state index in [-0.39, 0.29) is 15.7 Å². The minimum Gasteiger partial charge on any atom is -0.490 e. The largest absolute Gasteiger partial charge is 0.490 e. The second-order valence-corrected chi connectivity index (χ2v) is 5.75. The summed E-state index contributed by atoms with van der Waals surface area (Å²) in [7, 11) is -3.87. The molecule has 8 heteroatoms. The van der Waals surface area contributed by atoms with Crippen LogP contribution in [0.25, 0.3) is 0 Å². The van der Waals surface area contributed by atoms with Gasteiger partial charge in [0.1, 0.15) is 17.3 Å². The molecule has 0 aliphatic rings. The van der Waals surface area contributed by atoms with Crippen molar-refractivity contribution in [2.24, 2.45) is 5.14 Å². The van der Waals surface area contributed by atoms with Gasteiger partial charge in [0.25, 0.3) is 0 Å². The predicted octanol–water partition coefficient (Wildman–Crippen LogP) is 1.26. The van der Waals surface area contributed by atoms with E-state index in [2.05, 4.69) is 4.98 Å². The van der Waals surface area contributed by atoms with E-state index in [0.29, 0.717) is 13.2 Å². The van der Waals surface area contributed by atoms with E-state index >= 15 is 0 Å². The molecular formula is C11H12ClN3O3S. The average molecular weight is 302 g/mol. The summed E-state index contributed by atoms with van der Waals surface area (Å²) in [4.78, 5) is 3.77. The number of halogens is 1. The molecule has 6 nitrogen and oxygen atoms in total. The molecule has 102 valence electrons. The quantitative estimate of drug-likeness (QED) is 0.900. The molecule has 1 aromatic heterocycles. The molecule has 0 unspecified atom stereocenters. The van der Waals surface area contributed by atoms with E-state index in [1.54, 1.807) is 24.8 Å². The van der Waals surface area contributed by atoms with E-state index in [1.165, 1.54) is 12.1 Å². The van der Waals surface area contributed by atoms with Gasteiger partial charge >= 0.3 is 0 Å². The van der Waals surface area contributed by atoms with Crippen LogP contribution in [-0.4, -0.2) is 24.6 Å². The first kappa shape index (κ1) is 13.9. The van der Waals surface area contributed by atoms with Crippen LogP contribution < -0.4 is 9.88 Å². The third-order valence-electron chi connectivity index (χ3n) is 2.38. The highest BCUT2D eigenvalue weighted by atomic mass is 35.5. The summed E-state index contributed by atoms with van der Waals surface area (Å²) >= 11 is 5.75. The van der Waals surface area contributed by atoms with Gasteiger partial charge in [-0.05, 0) is 18.2 Å². The lowest BCUT2D eigenvalue weighted by atomic mass is 10.3. The van der Waals surface area contributed by atoms with Gasteiger partial charge in [0.2, 0.25) is 10.0 Å². The van der Waals surface area contributed by atoms with Crippen molar-refractivity contribution in [2.75, 3.05) is 6.61 Å². The fourth-order valence-electron chi connectivity index (χ4n) is 1.50. The van der Waals surface area contributed by atoms with Crippen LogP contribution in [-0.2, 0) is 16.6 Å². The Kier molecular flexibility index (Phi) is 4.08. The van der Waals surface area contributed by atoms with Crippen molar-refractivity contribution in [2.45, 2.75) is 11.4 Å². The van der Waals surface area contributed by atoms with Gasteiger partial charge in [0.15, 0.2) is 0 Å². The molecule has 1 aromatic carbocycles. The van der Waals surface area contributed by atoms with Crippen molar-refractivity contribution in [1.82, 2.24) is 9.55 Å². The number of nitrogens with two attached hydrogens (primary N) is 1. The monoisotopic (exact) mass is 301 g/mol. The van der Waals surface area contributed by atoms with Gasteiger partial charge in [0, 0.05) is 17.4 Å². The lowest BCUT2D eigenvalue weighted by molar-refractivity contribution is 0.291. The summed E-state index contributed by atoms with van der Waals surface area (Å²) in [5, 5.41) is 5.39. The minimum absolute atomic E-state index is 0.120. The van der Waals surface area contributed by atoms with E-state index in [9.17, 15) is 8.42 Å². The summed E-state index contributed by atoms with van der Waals surface area (Å²) in [5.41, 5.74) is 0. The molecule has 0 radical (unpaired) electrons. The Morgan fingerprint density at radius 1 is 1.42 bits per heavy atom. The molecule has 2 N–H and O–H groups in total. The summed E-state index contributed by atoms with van der Waals surface area (Å²) in [6.45, 7) is 0.840. The summed E-state index contributed by atoms with van der Waals surface area (Å²) in [5.74, 6) is 0.187. The van der Waals surface area contributed by atoms with Gasteiger partial charge in [-0.1, -0.05) is 11.6 Å². The van der Waals surface area contributed by atoms with Crippen LogP contribution in [0.4, 0.5) is 0 Å². The molecule has 1 heterocycles. The molecule has 0 amide bonds. The maximum absolute atomic E-state index is 11.4. The Morgan fingerprint density at radius 3 is 2.84 bits per heavy atom. The fraction of sp³-hybridized carbons (Fsp3) is 0.182. The lowest BCUT2D eigenvalue weighted by Gasteiger charge is -2.10. The zero-order chi connectivity index (χ0) is 13.9. The molecule has 0 aliphatic carbocycles. The van der Waals surface area contributed by atoms with Crippen LogP contribution in [0.1, 0.15) is 0 Å². The molecule has 0 bridgehead atoms. The zero-order valence-corrected chi connectivity index (χ0v) is 11.4. The van der Waals surface area contributed by atoms with Gasteiger partial charge < -0.3 is 9.30 Å². The third-order valence-corrected chi connectivity index (χ3v) is 3.55. The van der Waals surface area contributed by atoms with Crippen molar-refractivity contribution < 1.29 is 13.2 Å². The molecule has 0 atom stereocenters. The Labute approximate surface area is 115 Å². The number of imidazole rings is 1. The van der Waals surface area contributed by atoms with E-state index in [1.807, 2.05) is 4.57 Å². The molecule has 0 aliphatic heterocycles. The van der Waals surface area contributed by atoms with Crippen LogP contribution in [0.15, 0.2) is 41.8 Å². The number of aromatic nitrogens is 2. The first-order chi connectivity index (χ1) is 8.97. The van der Waals surface area contributed by atoms with Crippen LogP contribution in [0.5, 0.6) is 5.75 Å². The smallest absolute Gasteiger partial charge is 0.241 e.